The molecule has 0 saturated carbocycles. The number of aryl methyl sites for hydroxylation is 1. The van der Waals surface area contributed by atoms with Crippen LogP contribution in [0.4, 0.5) is 0 Å². The lowest BCUT2D eigenvalue weighted by Crippen LogP contribution is -2.37. The average Bonchev–Trinajstić information content (AvgIpc) is 3.16. The summed E-state index contributed by atoms with van der Waals surface area (Å²) >= 11 is 0. The minimum atomic E-state index is 0.0313. The molecule has 2 saturated heterocycles. The molecule has 1 amide bonds. The minimum Gasteiger partial charge on any atom is -0.351 e. The second-order valence-electron chi connectivity index (χ2n) is 7.73. The van der Waals surface area contributed by atoms with E-state index < -0.39 is 0 Å². The Morgan fingerprint density at radius 1 is 1.12 bits per heavy atom. The molecule has 4 nitrogen and oxygen atoms in total. The third-order valence-corrected chi connectivity index (χ3v) is 5.87. The maximum Gasteiger partial charge on any atom is 0.227 e. The zero-order valence-corrected chi connectivity index (χ0v) is 15.7. The maximum absolute atomic E-state index is 12.6. The molecule has 3 heterocycles. The summed E-state index contributed by atoms with van der Waals surface area (Å²) in [6.45, 7) is 3.18. The highest BCUT2D eigenvalue weighted by Gasteiger charge is 2.37. The fraction of sp³-hybridized carbons (Fsp3) is 0.500. The number of carbonyl (C=O) groups excluding carboxylic acids is 1. The quantitative estimate of drug-likeness (QED) is 0.780. The van der Waals surface area contributed by atoms with Gasteiger partial charge in [-0.15, -0.1) is 0 Å². The lowest BCUT2D eigenvalue weighted by Gasteiger charge is -2.28. The Kier molecular flexibility index (Phi) is 4.74. The first kappa shape index (κ1) is 17.2. The molecule has 1 unspecified atom stereocenters. The standard InChI is InChI=1S/C22H27N3O/c1-23-13-10-18-14-17(7-9-21(18)23)6-8-20-15-19(22(26)24(20)2)16-25-11-4-3-5-12-25/h7,9-10,13-14,19-20H,3-5,11-12,15-16H2,1-2H3/t19-,20?/m1/s1. The predicted octanol–water partition coefficient (Wildman–Crippen LogP) is 2.86. The normalized spacial score (nSPS) is 24.1. The first-order chi connectivity index (χ1) is 12.6. The van der Waals surface area contributed by atoms with Gasteiger partial charge in [-0.05, 0) is 56.6 Å². The van der Waals surface area contributed by atoms with Gasteiger partial charge >= 0.3 is 0 Å². The van der Waals surface area contributed by atoms with E-state index in [-0.39, 0.29) is 17.9 Å². The maximum atomic E-state index is 12.6. The second kappa shape index (κ2) is 7.17. The summed E-state index contributed by atoms with van der Waals surface area (Å²) in [7, 11) is 3.95. The van der Waals surface area contributed by atoms with Crippen molar-refractivity contribution in [1.82, 2.24) is 14.4 Å². The van der Waals surface area contributed by atoms with Gasteiger partial charge in [-0.1, -0.05) is 18.3 Å². The number of hydrogen-bond acceptors (Lipinski definition) is 2. The molecule has 1 aromatic heterocycles. The Bertz CT molecular complexity index is 866. The lowest BCUT2D eigenvalue weighted by atomic mass is 10.0. The van der Waals surface area contributed by atoms with Gasteiger partial charge in [-0.25, -0.2) is 0 Å². The molecule has 1 aromatic carbocycles. The number of piperidine rings is 1. The topological polar surface area (TPSA) is 28.5 Å². The van der Waals surface area contributed by atoms with Crippen molar-refractivity contribution >= 4 is 16.8 Å². The molecule has 0 bridgehead atoms. The zero-order valence-electron chi connectivity index (χ0n) is 15.7. The van der Waals surface area contributed by atoms with Crippen LogP contribution < -0.4 is 0 Å². The molecular formula is C22H27N3O. The Morgan fingerprint density at radius 2 is 1.92 bits per heavy atom. The van der Waals surface area contributed by atoms with Crippen LogP contribution in [0, 0.1) is 17.8 Å². The summed E-state index contributed by atoms with van der Waals surface area (Å²) in [5.41, 5.74) is 2.23. The zero-order chi connectivity index (χ0) is 18.1. The van der Waals surface area contributed by atoms with Crippen LogP contribution in [0.2, 0.25) is 0 Å². The summed E-state index contributed by atoms with van der Waals surface area (Å²) in [5.74, 6) is 7.01. The first-order valence-corrected chi connectivity index (χ1v) is 9.67. The molecule has 4 rings (SSSR count). The van der Waals surface area contributed by atoms with Crippen LogP contribution >= 0.6 is 0 Å². The number of hydrogen-bond donors (Lipinski definition) is 0. The highest BCUT2D eigenvalue weighted by atomic mass is 16.2. The monoisotopic (exact) mass is 349 g/mol. The average molecular weight is 349 g/mol. The number of carbonyl (C=O) groups is 1. The second-order valence-corrected chi connectivity index (χ2v) is 7.73. The smallest absolute Gasteiger partial charge is 0.227 e. The molecular weight excluding hydrogens is 322 g/mol. The van der Waals surface area contributed by atoms with Crippen LogP contribution in [-0.4, -0.2) is 53.0 Å². The van der Waals surface area contributed by atoms with E-state index in [4.69, 9.17) is 0 Å². The van der Waals surface area contributed by atoms with Crippen molar-refractivity contribution in [2.45, 2.75) is 31.7 Å². The number of benzene rings is 1. The number of fused-ring (bicyclic) bond motifs is 1. The fourth-order valence-electron chi connectivity index (χ4n) is 4.26. The van der Waals surface area contributed by atoms with Crippen molar-refractivity contribution in [1.29, 1.82) is 0 Å². The largest absolute Gasteiger partial charge is 0.351 e. The molecule has 2 fully saturated rings. The summed E-state index contributed by atoms with van der Waals surface area (Å²) in [6.07, 6.45) is 6.78. The van der Waals surface area contributed by atoms with E-state index in [1.165, 1.54) is 30.2 Å². The Morgan fingerprint density at radius 3 is 2.73 bits per heavy atom. The van der Waals surface area contributed by atoms with Crippen LogP contribution in [-0.2, 0) is 11.8 Å². The van der Waals surface area contributed by atoms with E-state index in [9.17, 15) is 4.79 Å². The van der Waals surface area contributed by atoms with Crippen LogP contribution in [0.25, 0.3) is 10.9 Å². The summed E-state index contributed by atoms with van der Waals surface area (Å²) in [6, 6.07) is 8.45. The van der Waals surface area contributed by atoms with E-state index in [0.29, 0.717) is 0 Å². The molecule has 26 heavy (non-hydrogen) atoms. The fourth-order valence-corrected chi connectivity index (χ4v) is 4.26. The van der Waals surface area contributed by atoms with Crippen molar-refractivity contribution < 1.29 is 4.79 Å². The van der Waals surface area contributed by atoms with Gasteiger partial charge in [0.25, 0.3) is 0 Å². The van der Waals surface area contributed by atoms with Crippen LogP contribution in [0.15, 0.2) is 30.5 Å². The van der Waals surface area contributed by atoms with Crippen molar-refractivity contribution in [3.8, 4) is 11.8 Å². The van der Waals surface area contributed by atoms with Crippen molar-refractivity contribution in [3.05, 3.63) is 36.0 Å². The van der Waals surface area contributed by atoms with Gasteiger partial charge in [0.05, 0.1) is 12.0 Å². The van der Waals surface area contributed by atoms with E-state index in [1.807, 2.05) is 11.9 Å². The Balaban J connectivity index is 1.45. The molecule has 2 atom stereocenters. The van der Waals surface area contributed by atoms with Crippen molar-refractivity contribution in [2.75, 3.05) is 26.7 Å². The minimum absolute atomic E-state index is 0.0313. The van der Waals surface area contributed by atoms with Crippen molar-refractivity contribution in [3.63, 3.8) is 0 Å². The molecule has 2 aromatic rings. The Labute approximate surface area is 155 Å². The van der Waals surface area contributed by atoms with E-state index >= 15 is 0 Å². The summed E-state index contributed by atoms with van der Waals surface area (Å²) in [4.78, 5) is 16.9. The molecule has 4 heteroatoms. The van der Waals surface area contributed by atoms with Crippen LogP contribution in [0.3, 0.4) is 0 Å². The van der Waals surface area contributed by atoms with E-state index in [2.05, 4.69) is 58.8 Å². The number of amides is 1. The van der Waals surface area contributed by atoms with Gasteiger partial charge < -0.3 is 14.4 Å². The van der Waals surface area contributed by atoms with Gasteiger partial charge in [-0.2, -0.15) is 0 Å². The molecule has 136 valence electrons. The summed E-state index contributed by atoms with van der Waals surface area (Å²) < 4.78 is 2.11. The van der Waals surface area contributed by atoms with E-state index in [0.717, 1.165) is 31.6 Å². The molecule has 0 N–H and O–H groups in total. The van der Waals surface area contributed by atoms with Crippen molar-refractivity contribution in [2.24, 2.45) is 13.0 Å². The Hall–Kier alpha value is -2.25. The van der Waals surface area contributed by atoms with Gasteiger partial charge in [0.15, 0.2) is 0 Å². The van der Waals surface area contributed by atoms with Gasteiger partial charge in [-0.3, -0.25) is 4.79 Å². The van der Waals surface area contributed by atoms with Gasteiger partial charge in [0, 0.05) is 43.3 Å². The SMILES string of the molecule is CN1C(=O)[C@@H](CN2CCCCC2)CC1C#Cc1ccc2c(ccn2C)c1. The van der Waals surface area contributed by atoms with Crippen LogP contribution in [0.1, 0.15) is 31.2 Å². The highest BCUT2D eigenvalue weighted by Crippen LogP contribution is 2.25. The number of rotatable bonds is 2. The highest BCUT2D eigenvalue weighted by molar-refractivity contribution is 5.83. The number of nitrogens with zero attached hydrogens (tertiary/aromatic N) is 3. The third-order valence-electron chi connectivity index (χ3n) is 5.87. The molecule has 2 aliphatic heterocycles. The molecule has 2 aliphatic rings. The lowest BCUT2D eigenvalue weighted by molar-refractivity contribution is -0.130. The van der Waals surface area contributed by atoms with Gasteiger partial charge in [0.2, 0.25) is 5.91 Å². The first-order valence-electron chi connectivity index (χ1n) is 9.67. The number of aromatic nitrogens is 1. The van der Waals surface area contributed by atoms with Crippen LogP contribution in [0.5, 0.6) is 0 Å². The van der Waals surface area contributed by atoms with Gasteiger partial charge in [0.1, 0.15) is 0 Å². The van der Waals surface area contributed by atoms with E-state index in [1.54, 1.807) is 0 Å². The predicted molar refractivity (Wildman–Crippen MR) is 105 cm³/mol. The molecule has 0 radical (unpaired) electrons. The molecule has 0 aliphatic carbocycles. The molecule has 0 spiro atoms. The summed E-state index contributed by atoms with van der Waals surface area (Å²) in [5, 5.41) is 1.21. The third kappa shape index (κ3) is 3.37. The number of likely N-dealkylation sites (tertiary alicyclic amines) is 2.